The molecule has 0 saturated carbocycles. The minimum atomic E-state index is -0.498. The first-order chi connectivity index (χ1) is 7.61. The lowest BCUT2D eigenvalue weighted by atomic mass is 10.3. The second kappa shape index (κ2) is 4.45. The van der Waals surface area contributed by atoms with Crippen molar-refractivity contribution in [3.63, 3.8) is 0 Å². The molecular formula is C10H5Cl3N2O. The van der Waals surface area contributed by atoms with E-state index in [9.17, 15) is 4.79 Å². The monoisotopic (exact) mass is 274 g/mol. The number of aromatic nitrogens is 2. The average Bonchev–Trinajstić information content (AvgIpc) is 2.28. The van der Waals surface area contributed by atoms with Gasteiger partial charge in [-0.05, 0) is 12.1 Å². The molecule has 2 aromatic rings. The van der Waals surface area contributed by atoms with E-state index in [4.69, 9.17) is 34.8 Å². The summed E-state index contributed by atoms with van der Waals surface area (Å²) in [6, 6.07) is 6.83. The second-order valence-corrected chi connectivity index (χ2v) is 4.17. The number of hydrogen-bond acceptors (Lipinski definition) is 2. The summed E-state index contributed by atoms with van der Waals surface area (Å²) in [4.78, 5) is 11.8. The third-order valence-corrected chi connectivity index (χ3v) is 3.03. The SMILES string of the molecule is O=c1c(Cl)c(Cl)cnn1-c1ccccc1Cl. The van der Waals surface area contributed by atoms with Gasteiger partial charge in [0.15, 0.2) is 0 Å². The first kappa shape index (κ1) is 11.5. The molecule has 0 fully saturated rings. The number of nitrogens with zero attached hydrogens (tertiary/aromatic N) is 2. The predicted molar refractivity (Wildman–Crippen MR) is 64.9 cm³/mol. The van der Waals surface area contributed by atoms with Crippen LogP contribution in [0.1, 0.15) is 0 Å². The topological polar surface area (TPSA) is 34.9 Å². The fourth-order valence-corrected chi connectivity index (χ4v) is 1.68. The number of rotatable bonds is 1. The smallest absolute Gasteiger partial charge is 0.266 e. The molecule has 0 saturated heterocycles. The van der Waals surface area contributed by atoms with Crippen LogP contribution in [0.3, 0.4) is 0 Å². The van der Waals surface area contributed by atoms with Crippen LogP contribution in [0, 0.1) is 0 Å². The van der Waals surface area contributed by atoms with Crippen LogP contribution < -0.4 is 5.56 Å². The van der Waals surface area contributed by atoms with Gasteiger partial charge in [0.1, 0.15) is 5.02 Å². The van der Waals surface area contributed by atoms with Crippen LogP contribution in [-0.2, 0) is 0 Å². The maximum atomic E-state index is 11.8. The van der Waals surface area contributed by atoms with Gasteiger partial charge in [-0.25, -0.2) is 0 Å². The van der Waals surface area contributed by atoms with Gasteiger partial charge in [0, 0.05) is 0 Å². The molecule has 0 aliphatic carbocycles. The van der Waals surface area contributed by atoms with E-state index in [1.807, 2.05) is 0 Å². The highest BCUT2D eigenvalue weighted by Crippen LogP contribution is 2.20. The Bertz CT molecular complexity index is 595. The molecule has 1 heterocycles. The molecule has 0 radical (unpaired) electrons. The van der Waals surface area contributed by atoms with Gasteiger partial charge in [-0.2, -0.15) is 9.78 Å². The summed E-state index contributed by atoms with van der Waals surface area (Å²) in [5.74, 6) is 0. The van der Waals surface area contributed by atoms with E-state index in [0.717, 1.165) is 4.68 Å². The molecule has 6 heteroatoms. The van der Waals surface area contributed by atoms with Gasteiger partial charge in [-0.1, -0.05) is 46.9 Å². The molecule has 2 rings (SSSR count). The Hall–Kier alpha value is -1.03. The second-order valence-electron chi connectivity index (χ2n) is 2.97. The molecule has 0 bridgehead atoms. The highest BCUT2D eigenvalue weighted by Gasteiger charge is 2.10. The van der Waals surface area contributed by atoms with Crippen molar-refractivity contribution in [2.24, 2.45) is 0 Å². The zero-order valence-electron chi connectivity index (χ0n) is 7.82. The van der Waals surface area contributed by atoms with Crippen molar-refractivity contribution in [2.45, 2.75) is 0 Å². The molecule has 1 aromatic carbocycles. The normalized spacial score (nSPS) is 10.4. The molecule has 0 spiro atoms. The number of hydrogen-bond donors (Lipinski definition) is 0. The van der Waals surface area contributed by atoms with Crippen molar-refractivity contribution < 1.29 is 0 Å². The molecule has 0 amide bonds. The Kier molecular flexibility index (Phi) is 3.19. The van der Waals surface area contributed by atoms with E-state index >= 15 is 0 Å². The van der Waals surface area contributed by atoms with Gasteiger partial charge in [-0.3, -0.25) is 4.79 Å². The van der Waals surface area contributed by atoms with Crippen molar-refractivity contribution in [3.8, 4) is 5.69 Å². The Morgan fingerprint density at radius 1 is 1.06 bits per heavy atom. The fraction of sp³-hybridized carbons (Fsp3) is 0. The van der Waals surface area contributed by atoms with Gasteiger partial charge in [0.05, 0.1) is 21.9 Å². The van der Waals surface area contributed by atoms with Crippen molar-refractivity contribution >= 4 is 34.8 Å². The summed E-state index contributed by atoms with van der Waals surface area (Å²) in [5.41, 5.74) is -0.0324. The summed E-state index contributed by atoms with van der Waals surface area (Å²) in [6.45, 7) is 0. The number of para-hydroxylation sites is 1. The summed E-state index contributed by atoms with van der Waals surface area (Å²) in [6.07, 6.45) is 1.30. The van der Waals surface area contributed by atoms with Gasteiger partial charge < -0.3 is 0 Å². The number of halogens is 3. The van der Waals surface area contributed by atoms with Crippen LogP contribution in [0.15, 0.2) is 35.3 Å². The predicted octanol–water partition coefficient (Wildman–Crippen LogP) is 3.19. The maximum absolute atomic E-state index is 11.8. The summed E-state index contributed by atoms with van der Waals surface area (Å²) in [7, 11) is 0. The highest BCUT2D eigenvalue weighted by molar-refractivity contribution is 6.41. The molecule has 0 N–H and O–H groups in total. The van der Waals surface area contributed by atoms with Gasteiger partial charge in [0.2, 0.25) is 0 Å². The molecule has 82 valence electrons. The van der Waals surface area contributed by atoms with E-state index in [-0.39, 0.29) is 10.0 Å². The van der Waals surface area contributed by atoms with Crippen molar-refractivity contribution in [1.29, 1.82) is 0 Å². The lowest BCUT2D eigenvalue weighted by Crippen LogP contribution is -2.21. The Morgan fingerprint density at radius 2 is 1.75 bits per heavy atom. The summed E-state index contributed by atoms with van der Waals surface area (Å²) >= 11 is 17.4. The largest absolute Gasteiger partial charge is 0.291 e. The van der Waals surface area contributed by atoms with Crippen molar-refractivity contribution in [1.82, 2.24) is 9.78 Å². The maximum Gasteiger partial charge on any atom is 0.291 e. The first-order valence-corrected chi connectivity index (χ1v) is 5.43. The molecule has 0 atom stereocenters. The summed E-state index contributed by atoms with van der Waals surface area (Å²) in [5, 5.41) is 4.33. The van der Waals surface area contributed by atoms with Crippen LogP contribution in [0.5, 0.6) is 0 Å². The lowest BCUT2D eigenvalue weighted by molar-refractivity contribution is 0.807. The van der Waals surface area contributed by atoms with Crippen LogP contribution >= 0.6 is 34.8 Å². The molecular weight excluding hydrogens is 270 g/mol. The Morgan fingerprint density at radius 3 is 2.44 bits per heavy atom. The first-order valence-electron chi connectivity index (χ1n) is 4.29. The van der Waals surface area contributed by atoms with E-state index in [1.54, 1.807) is 24.3 Å². The lowest BCUT2D eigenvalue weighted by Gasteiger charge is -2.06. The van der Waals surface area contributed by atoms with E-state index in [0.29, 0.717) is 10.7 Å². The Labute approximate surface area is 106 Å². The molecule has 16 heavy (non-hydrogen) atoms. The molecule has 0 unspecified atom stereocenters. The Balaban J connectivity index is 2.72. The van der Waals surface area contributed by atoms with Gasteiger partial charge in [-0.15, -0.1) is 0 Å². The molecule has 1 aromatic heterocycles. The quantitative estimate of drug-likeness (QED) is 0.801. The third-order valence-electron chi connectivity index (χ3n) is 1.96. The molecule has 0 aliphatic rings. The fourth-order valence-electron chi connectivity index (χ4n) is 1.21. The van der Waals surface area contributed by atoms with Crippen LogP contribution in [0.4, 0.5) is 0 Å². The van der Waals surface area contributed by atoms with Gasteiger partial charge >= 0.3 is 0 Å². The third kappa shape index (κ3) is 1.94. The molecule has 3 nitrogen and oxygen atoms in total. The zero-order valence-corrected chi connectivity index (χ0v) is 10.1. The van der Waals surface area contributed by atoms with Crippen molar-refractivity contribution in [2.75, 3.05) is 0 Å². The van der Waals surface area contributed by atoms with E-state index in [1.165, 1.54) is 6.20 Å². The van der Waals surface area contributed by atoms with Crippen LogP contribution in [0.25, 0.3) is 5.69 Å². The van der Waals surface area contributed by atoms with Crippen molar-refractivity contribution in [3.05, 3.63) is 55.9 Å². The van der Waals surface area contributed by atoms with Crippen LogP contribution in [0.2, 0.25) is 15.1 Å². The minimum absolute atomic E-state index is 0.0726. The van der Waals surface area contributed by atoms with E-state index in [2.05, 4.69) is 5.10 Å². The summed E-state index contributed by atoms with van der Waals surface area (Å²) < 4.78 is 1.11. The molecule has 0 aliphatic heterocycles. The van der Waals surface area contributed by atoms with Gasteiger partial charge in [0.25, 0.3) is 5.56 Å². The minimum Gasteiger partial charge on any atom is -0.266 e. The highest BCUT2D eigenvalue weighted by atomic mass is 35.5. The number of benzene rings is 1. The zero-order chi connectivity index (χ0) is 11.7. The van der Waals surface area contributed by atoms with E-state index < -0.39 is 5.56 Å². The van der Waals surface area contributed by atoms with Crippen LogP contribution in [-0.4, -0.2) is 9.78 Å². The average molecular weight is 276 g/mol. The standard InChI is InChI=1S/C10H5Cl3N2O/c11-6-3-1-2-4-8(6)15-10(16)9(13)7(12)5-14-15/h1-5H.